The normalized spacial score (nSPS) is 14.8. The maximum atomic E-state index is 9.17. The molecule has 0 aromatic heterocycles. The Balaban J connectivity index is 3.90. The zero-order chi connectivity index (χ0) is 12.4. The Morgan fingerprint density at radius 2 is 1.88 bits per heavy atom. The van der Waals surface area contributed by atoms with E-state index in [9.17, 15) is 0 Å². The number of hydrogen-bond donors (Lipinski definition) is 1. The first kappa shape index (κ1) is 15.4. The molecule has 0 aromatic rings. The highest BCUT2D eigenvalue weighted by Gasteiger charge is 2.21. The molecular formula is C13H27N3. The van der Waals surface area contributed by atoms with Gasteiger partial charge < -0.3 is 4.90 Å². The van der Waals surface area contributed by atoms with E-state index < -0.39 is 0 Å². The van der Waals surface area contributed by atoms with Crippen LogP contribution < -0.4 is 5.32 Å². The highest BCUT2D eigenvalue weighted by molar-refractivity contribution is 5.03. The Hall–Kier alpha value is -0.590. The molecule has 94 valence electrons. The van der Waals surface area contributed by atoms with Gasteiger partial charge >= 0.3 is 0 Å². The van der Waals surface area contributed by atoms with E-state index in [1.165, 1.54) is 0 Å². The van der Waals surface area contributed by atoms with Gasteiger partial charge in [-0.2, -0.15) is 5.26 Å². The van der Waals surface area contributed by atoms with Crippen LogP contribution in [0.15, 0.2) is 0 Å². The molecule has 0 radical (unpaired) electrons. The molecule has 0 saturated carbocycles. The fourth-order valence-electron chi connectivity index (χ4n) is 1.78. The summed E-state index contributed by atoms with van der Waals surface area (Å²) in [6.45, 7) is 12.7. The van der Waals surface area contributed by atoms with Crippen molar-refractivity contribution in [2.75, 3.05) is 26.2 Å². The number of nitriles is 1. The number of nitrogens with zero attached hydrogens (tertiary/aromatic N) is 2. The van der Waals surface area contributed by atoms with Crippen molar-refractivity contribution in [1.82, 2.24) is 10.2 Å². The third-order valence-electron chi connectivity index (χ3n) is 3.06. The third-order valence-corrected chi connectivity index (χ3v) is 3.06. The molecule has 1 unspecified atom stereocenters. The van der Waals surface area contributed by atoms with Crippen LogP contribution >= 0.6 is 0 Å². The molecule has 0 aliphatic heterocycles. The largest absolute Gasteiger partial charge is 0.304 e. The van der Waals surface area contributed by atoms with E-state index in [0.29, 0.717) is 0 Å². The third kappa shape index (κ3) is 6.09. The second-order valence-electron chi connectivity index (χ2n) is 4.50. The highest BCUT2D eigenvalue weighted by atomic mass is 15.1. The van der Waals surface area contributed by atoms with Gasteiger partial charge in [-0.3, -0.25) is 5.32 Å². The molecule has 0 fully saturated rings. The Morgan fingerprint density at radius 1 is 1.25 bits per heavy atom. The first-order valence-corrected chi connectivity index (χ1v) is 6.50. The predicted octanol–water partition coefficient (Wildman–Crippen LogP) is 2.39. The molecule has 0 saturated heterocycles. The van der Waals surface area contributed by atoms with Crippen LogP contribution in [0, 0.1) is 11.3 Å². The van der Waals surface area contributed by atoms with E-state index in [0.717, 1.165) is 45.4 Å². The lowest BCUT2D eigenvalue weighted by Gasteiger charge is -2.25. The van der Waals surface area contributed by atoms with Crippen molar-refractivity contribution < 1.29 is 0 Å². The van der Waals surface area contributed by atoms with Crippen molar-refractivity contribution in [1.29, 1.82) is 5.26 Å². The Kier molecular flexibility index (Phi) is 8.23. The van der Waals surface area contributed by atoms with Gasteiger partial charge in [-0.1, -0.05) is 20.8 Å². The van der Waals surface area contributed by atoms with E-state index in [2.05, 4.69) is 37.1 Å². The molecule has 0 amide bonds. The van der Waals surface area contributed by atoms with Gasteiger partial charge in [0.15, 0.2) is 0 Å². The van der Waals surface area contributed by atoms with Crippen molar-refractivity contribution in [3.8, 4) is 6.07 Å². The van der Waals surface area contributed by atoms with Crippen molar-refractivity contribution in [2.45, 2.75) is 52.5 Å². The summed E-state index contributed by atoms with van der Waals surface area (Å²) in [5, 5.41) is 12.5. The second kappa shape index (κ2) is 8.55. The van der Waals surface area contributed by atoms with Crippen LogP contribution in [0.4, 0.5) is 0 Å². The second-order valence-corrected chi connectivity index (χ2v) is 4.50. The van der Waals surface area contributed by atoms with Gasteiger partial charge in [0.1, 0.15) is 5.54 Å². The van der Waals surface area contributed by atoms with Crippen LogP contribution in [-0.4, -0.2) is 36.6 Å². The molecule has 0 aromatic carbocycles. The summed E-state index contributed by atoms with van der Waals surface area (Å²) in [4.78, 5) is 2.40. The van der Waals surface area contributed by atoms with Crippen molar-refractivity contribution in [3.05, 3.63) is 0 Å². The molecular weight excluding hydrogens is 198 g/mol. The van der Waals surface area contributed by atoms with E-state index in [1.807, 2.05) is 6.92 Å². The van der Waals surface area contributed by atoms with Gasteiger partial charge in [-0.15, -0.1) is 0 Å². The van der Waals surface area contributed by atoms with Crippen molar-refractivity contribution in [2.24, 2.45) is 0 Å². The molecule has 3 heteroatoms. The molecule has 1 atom stereocenters. The standard InChI is InChI=1S/C13H27N3/c1-5-10-15-13(4,12-14)9-8-11-16(6-2)7-3/h15H,5-11H2,1-4H3. The first-order valence-electron chi connectivity index (χ1n) is 6.50. The molecule has 1 N–H and O–H groups in total. The minimum atomic E-state index is -0.344. The fraction of sp³-hybridized carbons (Fsp3) is 0.923. The molecule has 3 nitrogen and oxygen atoms in total. The molecule has 0 aliphatic carbocycles. The van der Waals surface area contributed by atoms with E-state index in [4.69, 9.17) is 5.26 Å². The Bertz CT molecular complexity index is 206. The predicted molar refractivity (Wildman–Crippen MR) is 69.3 cm³/mol. The monoisotopic (exact) mass is 225 g/mol. The summed E-state index contributed by atoms with van der Waals surface area (Å²) < 4.78 is 0. The number of rotatable bonds is 9. The summed E-state index contributed by atoms with van der Waals surface area (Å²) in [7, 11) is 0. The van der Waals surface area contributed by atoms with Crippen molar-refractivity contribution in [3.63, 3.8) is 0 Å². The van der Waals surface area contributed by atoms with Crippen LogP contribution in [0.25, 0.3) is 0 Å². The van der Waals surface area contributed by atoms with Gasteiger partial charge in [-0.25, -0.2) is 0 Å². The minimum Gasteiger partial charge on any atom is -0.304 e. The molecule has 0 spiro atoms. The van der Waals surface area contributed by atoms with Crippen LogP contribution in [0.5, 0.6) is 0 Å². The number of hydrogen-bond acceptors (Lipinski definition) is 3. The summed E-state index contributed by atoms with van der Waals surface area (Å²) in [5.74, 6) is 0. The van der Waals surface area contributed by atoms with Crippen LogP contribution in [0.3, 0.4) is 0 Å². The summed E-state index contributed by atoms with van der Waals surface area (Å²) in [6.07, 6.45) is 3.09. The van der Waals surface area contributed by atoms with Gasteiger partial charge in [0.05, 0.1) is 6.07 Å². The Labute approximate surface area is 101 Å². The molecule has 0 aliphatic rings. The lowest BCUT2D eigenvalue weighted by molar-refractivity contribution is 0.281. The van der Waals surface area contributed by atoms with E-state index in [1.54, 1.807) is 0 Å². The van der Waals surface area contributed by atoms with E-state index >= 15 is 0 Å². The summed E-state index contributed by atoms with van der Waals surface area (Å²) in [6, 6.07) is 2.39. The van der Waals surface area contributed by atoms with Gasteiger partial charge in [0.2, 0.25) is 0 Å². The first-order chi connectivity index (χ1) is 7.61. The molecule has 0 rings (SSSR count). The maximum absolute atomic E-state index is 9.17. The van der Waals surface area contributed by atoms with Gasteiger partial charge in [0.25, 0.3) is 0 Å². The number of nitrogens with one attached hydrogen (secondary N) is 1. The molecule has 0 bridgehead atoms. The van der Waals surface area contributed by atoms with Crippen LogP contribution in [-0.2, 0) is 0 Å². The average Bonchev–Trinajstić information content (AvgIpc) is 2.32. The minimum absolute atomic E-state index is 0.344. The zero-order valence-corrected chi connectivity index (χ0v) is 11.3. The molecule has 0 heterocycles. The van der Waals surface area contributed by atoms with Crippen LogP contribution in [0.1, 0.15) is 47.0 Å². The highest BCUT2D eigenvalue weighted by Crippen LogP contribution is 2.11. The average molecular weight is 225 g/mol. The fourth-order valence-corrected chi connectivity index (χ4v) is 1.78. The van der Waals surface area contributed by atoms with Gasteiger partial charge in [-0.05, 0) is 52.4 Å². The summed E-state index contributed by atoms with van der Waals surface area (Å²) >= 11 is 0. The lowest BCUT2D eigenvalue weighted by atomic mass is 9.97. The summed E-state index contributed by atoms with van der Waals surface area (Å²) in [5.41, 5.74) is -0.344. The Morgan fingerprint density at radius 3 is 2.31 bits per heavy atom. The van der Waals surface area contributed by atoms with E-state index in [-0.39, 0.29) is 5.54 Å². The quantitative estimate of drug-likeness (QED) is 0.655. The lowest BCUT2D eigenvalue weighted by Crippen LogP contribution is -2.42. The topological polar surface area (TPSA) is 39.1 Å². The van der Waals surface area contributed by atoms with Gasteiger partial charge in [0, 0.05) is 0 Å². The smallest absolute Gasteiger partial charge is 0.103 e. The zero-order valence-electron chi connectivity index (χ0n) is 11.3. The maximum Gasteiger partial charge on any atom is 0.103 e. The SMILES string of the molecule is CCCNC(C)(C#N)CCCN(CC)CC. The van der Waals surface area contributed by atoms with Crippen LogP contribution in [0.2, 0.25) is 0 Å². The molecule has 16 heavy (non-hydrogen) atoms. The van der Waals surface area contributed by atoms with Crippen molar-refractivity contribution >= 4 is 0 Å².